The predicted octanol–water partition coefficient (Wildman–Crippen LogP) is 5.49. The molecule has 0 saturated carbocycles. The highest BCUT2D eigenvalue weighted by molar-refractivity contribution is 9.10. The molecule has 1 unspecified atom stereocenters. The molecular formula is C26H23BrClN5O2. The minimum atomic E-state index is -0.386. The highest BCUT2D eigenvalue weighted by Crippen LogP contribution is 2.33. The molecule has 0 bridgehead atoms. The smallest absolute Gasteiger partial charge is 0.228 e. The summed E-state index contributed by atoms with van der Waals surface area (Å²) in [6.45, 7) is 1.25. The first-order valence-electron chi connectivity index (χ1n) is 11.5. The monoisotopic (exact) mass is 551 g/mol. The standard InChI is InChI=1S/C26H23BrClN5O2/c27-20-15-31-33-24(14-22(32-25(20)33)18-9-3-4-10-21(18)28)29-11-5-6-12-30-26(35)19-13-23(34)17-8-2-1-7-16(17)19/h1-4,7-10,14-15,19,29H,5-6,11-13H2,(H,30,35). The van der Waals surface area contributed by atoms with Gasteiger partial charge in [0.2, 0.25) is 5.91 Å². The summed E-state index contributed by atoms with van der Waals surface area (Å²) in [5, 5.41) is 11.5. The summed E-state index contributed by atoms with van der Waals surface area (Å²) in [4.78, 5) is 29.5. The van der Waals surface area contributed by atoms with Crippen molar-refractivity contribution in [1.82, 2.24) is 19.9 Å². The number of benzene rings is 2. The average molecular weight is 553 g/mol. The zero-order chi connectivity index (χ0) is 24.4. The van der Waals surface area contributed by atoms with Crippen LogP contribution in [0, 0.1) is 0 Å². The minimum absolute atomic E-state index is 0.0371. The summed E-state index contributed by atoms with van der Waals surface area (Å²) in [6.07, 6.45) is 3.60. The van der Waals surface area contributed by atoms with Gasteiger partial charge in [-0.1, -0.05) is 54.1 Å². The van der Waals surface area contributed by atoms with Gasteiger partial charge >= 0.3 is 0 Å². The van der Waals surface area contributed by atoms with Crippen molar-refractivity contribution in [2.75, 3.05) is 18.4 Å². The second-order valence-corrected chi connectivity index (χ2v) is 9.69. The molecule has 0 aliphatic heterocycles. The number of anilines is 1. The van der Waals surface area contributed by atoms with Gasteiger partial charge in [-0.3, -0.25) is 9.59 Å². The number of amides is 1. The van der Waals surface area contributed by atoms with Crippen molar-refractivity contribution in [3.63, 3.8) is 0 Å². The van der Waals surface area contributed by atoms with Gasteiger partial charge in [-0.25, -0.2) is 4.98 Å². The summed E-state index contributed by atoms with van der Waals surface area (Å²) < 4.78 is 2.55. The summed E-state index contributed by atoms with van der Waals surface area (Å²) >= 11 is 9.91. The van der Waals surface area contributed by atoms with Crippen LogP contribution in [0.4, 0.5) is 5.82 Å². The van der Waals surface area contributed by atoms with E-state index >= 15 is 0 Å². The van der Waals surface area contributed by atoms with Crippen LogP contribution >= 0.6 is 27.5 Å². The number of hydrogen-bond donors (Lipinski definition) is 2. The maximum absolute atomic E-state index is 12.6. The summed E-state index contributed by atoms with van der Waals surface area (Å²) in [7, 11) is 0. The van der Waals surface area contributed by atoms with E-state index in [-0.39, 0.29) is 24.0 Å². The third-order valence-electron chi connectivity index (χ3n) is 6.13. The molecule has 4 aromatic rings. The van der Waals surface area contributed by atoms with Crippen LogP contribution in [0.25, 0.3) is 16.9 Å². The molecule has 2 N–H and O–H groups in total. The molecular weight excluding hydrogens is 530 g/mol. The Balaban J connectivity index is 1.18. The summed E-state index contributed by atoms with van der Waals surface area (Å²) in [6, 6.07) is 16.9. The second kappa shape index (κ2) is 10.2. The Labute approximate surface area is 216 Å². The number of unbranched alkanes of at least 4 members (excludes halogenated alkanes) is 1. The molecule has 7 nitrogen and oxygen atoms in total. The first-order chi connectivity index (χ1) is 17.0. The lowest BCUT2D eigenvalue weighted by Crippen LogP contribution is -2.29. The summed E-state index contributed by atoms with van der Waals surface area (Å²) in [5.74, 6) is 0.372. The fraction of sp³-hybridized carbons (Fsp3) is 0.231. The number of Topliss-reactive ketones (excluding diaryl/α,β-unsaturated/α-hetero) is 1. The molecule has 0 radical (unpaired) electrons. The van der Waals surface area contributed by atoms with Crippen molar-refractivity contribution < 1.29 is 9.59 Å². The molecule has 2 aromatic heterocycles. The molecule has 2 aromatic carbocycles. The number of halogens is 2. The quantitative estimate of drug-likeness (QED) is 0.282. The van der Waals surface area contributed by atoms with Crippen LogP contribution < -0.4 is 10.6 Å². The van der Waals surface area contributed by atoms with Crippen LogP contribution in [-0.4, -0.2) is 39.4 Å². The van der Waals surface area contributed by atoms with Crippen LogP contribution in [0.3, 0.4) is 0 Å². The van der Waals surface area contributed by atoms with E-state index in [1.165, 1.54) is 0 Å². The van der Waals surface area contributed by atoms with Gasteiger partial charge in [0.25, 0.3) is 0 Å². The van der Waals surface area contributed by atoms with Crippen molar-refractivity contribution >= 4 is 50.7 Å². The van der Waals surface area contributed by atoms with Gasteiger partial charge in [-0.15, -0.1) is 0 Å². The van der Waals surface area contributed by atoms with Crippen molar-refractivity contribution in [3.05, 3.63) is 81.4 Å². The summed E-state index contributed by atoms with van der Waals surface area (Å²) in [5.41, 5.74) is 3.80. The third-order valence-corrected chi connectivity index (χ3v) is 7.02. The third kappa shape index (κ3) is 4.81. The average Bonchev–Trinajstić information content (AvgIpc) is 3.41. The maximum Gasteiger partial charge on any atom is 0.228 e. The van der Waals surface area contributed by atoms with E-state index in [0.29, 0.717) is 29.3 Å². The first-order valence-corrected chi connectivity index (χ1v) is 12.6. The Morgan fingerprint density at radius 2 is 1.83 bits per heavy atom. The van der Waals surface area contributed by atoms with Gasteiger partial charge in [0.1, 0.15) is 5.82 Å². The lowest BCUT2D eigenvalue weighted by Gasteiger charge is -2.13. The molecule has 178 valence electrons. The molecule has 1 amide bonds. The highest BCUT2D eigenvalue weighted by Gasteiger charge is 2.33. The lowest BCUT2D eigenvalue weighted by atomic mass is 10.0. The number of ketones is 1. The van der Waals surface area contributed by atoms with Crippen molar-refractivity contribution in [3.8, 4) is 11.3 Å². The largest absolute Gasteiger partial charge is 0.370 e. The number of fused-ring (bicyclic) bond motifs is 2. The Morgan fingerprint density at radius 1 is 1.09 bits per heavy atom. The van der Waals surface area contributed by atoms with Crippen LogP contribution in [0.15, 0.2) is 65.3 Å². The van der Waals surface area contributed by atoms with E-state index < -0.39 is 0 Å². The van der Waals surface area contributed by atoms with E-state index in [1.54, 1.807) is 16.8 Å². The minimum Gasteiger partial charge on any atom is -0.370 e. The molecule has 1 atom stereocenters. The number of carbonyl (C=O) groups is 2. The lowest BCUT2D eigenvalue weighted by molar-refractivity contribution is -0.122. The van der Waals surface area contributed by atoms with Gasteiger partial charge in [0.15, 0.2) is 11.4 Å². The van der Waals surface area contributed by atoms with Gasteiger partial charge in [-0.05, 0) is 40.4 Å². The Bertz CT molecular complexity index is 1420. The number of aromatic nitrogens is 3. The maximum atomic E-state index is 12.6. The fourth-order valence-corrected chi connectivity index (χ4v) is 4.94. The van der Waals surface area contributed by atoms with Crippen molar-refractivity contribution in [1.29, 1.82) is 0 Å². The van der Waals surface area contributed by atoms with E-state index in [4.69, 9.17) is 16.6 Å². The number of nitrogens with zero attached hydrogens (tertiary/aromatic N) is 3. The van der Waals surface area contributed by atoms with Crippen LogP contribution in [-0.2, 0) is 4.79 Å². The number of nitrogens with one attached hydrogen (secondary N) is 2. The Kier molecular flexibility index (Phi) is 6.83. The molecule has 0 fully saturated rings. The van der Waals surface area contributed by atoms with Crippen LogP contribution in [0.5, 0.6) is 0 Å². The molecule has 0 saturated heterocycles. The van der Waals surface area contributed by atoms with Gasteiger partial charge in [-0.2, -0.15) is 9.61 Å². The van der Waals surface area contributed by atoms with Crippen molar-refractivity contribution in [2.24, 2.45) is 0 Å². The first kappa shape index (κ1) is 23.5. The highest BCUT2D eigenvalue weighted by atomic mass is 79.9. The Morgan fingerprint density at radius 3 is 2.66 bits per heavy atom. The number of hydrogen-bond acceptors (Lipinski definition) is 5. The van der Waals surface area contributed by atoms with E-state index in [2.05, 4.69) is 31.7 Å². The molecule has 2 heterocycles. The number of rotatable bonds is 8. The van der Waals surface area contributed by atoms with E-state index in [0.717, 1.165) is 40.0 Å². The second-order valence-electron chi connectivity index (χ2n) is 8.43. The SMILES string of the molecule is O=C1CC(C(=O)NCCCCNc2cc(-c3ccccc3Cl)nc3c(Br)cnn23)c2ccccc21. The zero-order valence-corrected chi connectivity index (χ0v) is 21.1. The molecule has 1 aliphatic rings. The molecule has 0 spiro atoms. The number of carbonyl (C=O) groups excluding carboxylic acids is 2. The molecule has 35 heavy (non-hydrogen) atoms. The van der Waals surface area contributed by atoms with E-state index in [1.807, 2.05) is 48.5 Å². The van der Waals surface area contributed by atoms with Crippen LogP contribution in [0.1, 0.15) is 41.1 Å². The zero-order valence-electron chi connectivity index (χ0n) is 18.8. The molecule has 9 heteroatoms. The van der Waals surface area contributed by atoms with E-state index in [9.17, 15) is 9.59 Å². The Hall–Kier alpha value is -3.23. The van der Waals surface area contributed by atoms with Crippen molar-refractivity contribution in [2.45, 2.75) is 25.2 Å². The topological polar surface area (TPSA) is 88.4 Å². The van der Waals surface area contributed by atoms with Crippen LogP contribution in [0.2, 0.25) is 5.02 Å². The fourth-order valence-electron chi connectivity index (χ4n) is 4.36. The van der Waals surface area contributed by atoms with Gasteiger partial charge in [0, 0.05) is 41.7 Å². The molecule has 1 aliphatic carbocycles. The normalized spacial score (nSPS) is 14.8. The predicted molar refractivity (Wildman–Crippen MR) is 140 cm³/mol. The van der Waals surface area contributed by atoms with Gasteiger partial charge in [0.05, 0.1) is 22.3 Å². The van der Waals surface area contributed by atoms with Gasteiger partial charge < -0.3 is 10.6 Å². The molecule has 5 rings (SSSR count).